The highest BCUT2D eigenvalue weighted by Crippen LogP contribution is 2.35. The fourth-order valence-electron chi connectivity index (χ4n) is 4.39. The van der Waals surface area contributed by atoms with Crippen molar-refractivity contribution in [3.63, 3.8) is 0 Å². The van der Waals surface area contributed by atoms with Crippen LogP contribution in [0.2, 0.25) is 0 Å². The summed E-state index contributed by atoms with van der Waals surface area (Å²) in [5, 5.41) is 1.69. The molecule has 2 aromatic carbocycles. The zero-order valence-electron chi connectivity index (χ0n) is 18.0. The summed E-state index contributed by atoms with van der Waals surface area (Å²) in [7, 11) is 0. The van der Waals surface area contributed by atoms with Crippen LogP contribution in [0.15, 0.2) is 58.5 Å². The van der Waals surface area contributed by atoms with Crippen LogP contribution >= 0.6 is 23.1 Å². The second kappa shape index (κ2) is 8.64. The molecule has 0 bridgehead atoms. The minimum absolute atomic E-state index is 0.122. The largest absolute Gasteiger partial charge is 0.283 e. The molecule has 3 nitrogen and oxygen atoms in total. The number of aromatic nitrogens is 2. The summed E-state index contributed by atoms with van der Waals surface area (Å²) >= 11 is 3.40. The third-order valence-corrected chi connectivity index (χ3v) is 8.29. The maximum absolute atomic E-state index is 13.7. The molecule has 0 radical (unpaired) electrons. The summed E-state index contributed by atoms with van der Waals surface area (Å²) in [6, 6.07) is 16.8. The molecule has 0 spiro atoms. The van der Waals surface area contributed by atoms with Crippen molar-refractivity contribution in [2.45, 2.75) is 57.0 Å². The van der Waals surface area contributed by atoms with Crippen molar-refractivity contribution in [2.24, 2.45) is 0 Å². The van der Waals surface area contributed by atoms with Gasteiger partial charge < -0.3 is 0 Å². The van der Waals surface area contributed by atoms with Gasteiger partial charge in [0.1, 0.15) is 4.83 Å². The first-order valence-corrected chi connectivity index (χ1v) is 12.7. The van der Waals surface area contributed by atoms with E-state index in [0.29, 0.717) is 6.54 Å². The number of nitrogens with zero attached hydrogens (tertiary/aromatic N) is 2. The molecule has 31 heavy (non-hydrogen) atoms. The van der Waals surface area contributed by atoms with Crippen LogP contribution in [0.1, 0.15) is 45.5 Å². The molecule has 1 aliphatic carbocycles. The molecule has 0 saturated carbocycles. The van der Waals surface area contributed by atoms with Crippen molar-refractivity contribution in [3.05, 3.63) is 91.6 Å². The number of rotatable bonds is 5. The maximum Gasteiger partial charge on any atom is 0.263 e. The molecule has 0 amide bonds. The van der Waals surface area contributed by atoms with Crippen LogP contribution in [0.4, 0.5) is 0 Å². The number of hydrogen-bond acceptors (Lipinski definition) is 4. The lowest BCUT2D eigenvalue weighted by atomic mass is 9.97. The van der Waals surface area contributed by atoms with E-state index in [4.69, 9.17) is 4.98 Å². The van der Waals surface area contributed by atoms with Gasteiger partial charge in [-0.15, -0.1) is 11.3 Å². The second-order valence-electron chi connectivity index (χ2n) is 8.38. The second-order valence-corrected chi connectivity index (χ2v) is 10.4. The minimum atomic E-state index is 0.122. The lowest BCUT2D eigenvalue weighted by molar-refractivity contribution is 0.656. The molecule has 0 unspecified atom stereocenters. The van der Waals surface area contributed by atoms with Crippen molar-refractivity contribution in [2.75, 3.05) is 0 Å². The Morgan fingerprint density at radius 3 is 2.68 bits per heavy atom. The van der Waals surface area contributed by atoms with Crippen molar-refractivity contribution in [3.8, 4) is 0 Å². The van der Waals surface area contributed by atoms with E-state index in [1.165, 1.54) is 40.0 Å². The average molecular weight is 447 g/mol. The molecule has 5 rings (SSSR count). The lowest BCUT2D eigenvalue weighted by Crippen LogP contribution is -2.24. The van der Waals surface area contributed by atoms with Gasteiger partial charge in [0.15, 0.2) is 5.16 Å². The van der Waals surface area contributed by atoms with E-state index in [0.717, 1.165) is 39.5 Å². The number of aryl methyl sites for hydroxylation is 4. The van der Waals surface area contributed by atoms with Gasteiger partial charge in [-0.25, -0.2) is 4.98 Å². The Hall–Kier alpha value is -2.37. The van der Waals surface area contributed by atoms with E-state index in [1.807, 2.05) is 22.8 Å². The van der Waals surface area contributed by atoms with Gasteiger partial charge in [0, 0.05) is 10.6 Å². The molecular weight excluding hydrogens is 420 g/mol. The first kappa shape index (κ1) is 20.5. The fourth-order valence-corrected chi connectivity index (χ4v) is 6.76. The highest BCUT2D eigenvalue weighted by molar-refractivity contribution is 7.98. The van der Waals surface area contributed by atoms with E-state index in [-0.39, 0.29) is 5.56 Å². The van der Waals surface area contributed by atoms with E-state index in [9.17, 15) is 4.79 Å². The van der Waals surface area contributed by atoms with Crippen LogP contribution in [-0.4, -0.2) is 9.55 Å². The Morgan fingerprint density at radius 1 is 1.06 bits per heavy atom. The molecular formula is C26H26N2OS2. The van der Waals surface area contributed by atoms with E-state index in [2.05, 4.69) is 44.2 Å². The van der Waals surface area contributed by atoms with Crippen LogP contribution in [0.5, 0.6) is 0 Å². The normalized spacial score (nSPS) is 13.5. The first-order chi connectivity index (χ1) is 15.1. The Labute approximate surface area is 191 Å². The third-order valence-electron chi connectivity index (χ3n) is 6.08. The number of benzene rings is 2. The van der Waals surface area contributed by atoms with Crippen LogP contribution in [0.3, 0.4) is 0 Å². The van der Waals surface area contributed by atoms with Crippen molar-refractivity contribution >= 4 is 33.3 Å². The SMILES string of the molecule is Cc1ccc(CSc2nc3sc4c(c3c(=O)n2Cc2ccccc2)CCCC4)c(C)c1. The van der Waals surface area contributed by atoms with E-state index in [1.54, 1.807) is 23.1 Å². The zero-order valence-corrected chi connectivity index (χ0v) is 19.6. The van der Waals surface area contributed by atoms with Crippen LogP contribution in [-0.2, 0) is 25.1 Å². The molecule has 0 N–H and O–H groups in total. The minimum Gasteiger partial charge on any atom is -0.283 e. The Morgan fingerprint density at radius 2 is 1.87 bits per heavy atom. The van der Waals surface area contributed by atoms with Gasteiger partial charge in [-0.05, 0) is 61.8 Å². The molecule has 158 valence electrons. The highest BCUT2D eigenvalue weighted by Gasteiger charge is 2.22. The van der Waals surface area contributed by atoms with Gasteiger partial charge in [-0.3, -0.25) is 9.36 Å². The smallest absolute Gasteiger partial charge is 0.263 e. The van der Waals surface area contributed by atoms with Crippen molar-refractivity contribution < 1.29 is 0 Å². The van der Waals surface area contributed by atoms with Gasteiger partial charge >= 0.3 is 0 Å². The molecule has 2 aromatic heterocycles. The number of thioether (sulfide) groups is 1. The summed E-state index contributed by atoms with van der Waals surface area (Å²) in [5.74, 6) is 0.809. The summed E-state index contributed by atoms with van der Waals surface area (Å²) in [6.07, 6.45) is 4.47. The van der Waals surface area contributed by atoms with Crippen molar-refractivity contribution in [1.29, 1.82) is 0 Å². The molecule has 0 fully saturated rings. The van der Waals surface area contributed by atoms with Gasteiger partial charge in [-0.2, -0.15) is 0 Å². The van der Waals surface area contributed by atoms with Gasteiger partial charge in [0.2, 0.25) is 0 Å². The Kier molecular flexibility index (Phi) is 5.72. The quantitative estimate of drug-likeness (QED) is 0.267. The van der Waals surface area contributed by atoms with Gasteiger partial charge in [0.05, 0.1) is 11.9 Å². The number of fused-ring (bicyclic) bond motifs is 3. The summed E-state index contributed by atoms with van der Waals surface area (Å²) < 4.78 is 1.90. The van der Waals surface area contributed by atoms with Gasteiger partial charge in [-0.1, -0.05) is 65.9 Å². The summed E-state index contributed by atoms with van der Waals surface area (Å²) in [6.45, 7) is 4.84. The zero-order chi connectivity index (χ0) is 21.4. The van der Waals surface area contributed by atoms with Crippen LogP contribution in [0.25, 0.3) is 10.2 Å². The molecule has 4 aromatic rings. The highest BCUT2D eigenvalue weighted by atomic mass is 32.2. The monoisotopic (exact) mass is 446 g/mol. The number of hydrogen-bond donors (Lipinski definition) is 0. The average Bonchev–Trinajstić information content (AvgIpc) is 3.15. The molecule has 5 heteroatoms. The van der Waals surface area contributed by atoms with E-state index >= 15 is 0 Å². The van der Waals surface area contributed by atoms with Crippen LogP contribution in [0, 0.1) is 13.8 Å². The van der Waals surface area contributed by atoms with E-state index < -0.39 is 0 Å². The maximum atomic E-state index is 13.7. The number of thiophene rings is 1. The molecule has 0 atom stereocenters. The fraction of sp³-hybridized carbons (Fsp3) is 0.308. The first-order valence-electron chi connectivity index (χ1n) is 10.9. The van der Waals surface area contributed by atoms with Gasteiger partial charge in [0.25, 0.3) is 5.56 Å². The molecule has 0 saturated heterocycles. The third kappa shape index (κ3) is 4.09. The Bertz CT molecular complexity index is 1300. The predicted octanol–water partition coefficient (Wildman–Crippen LogP) is 6.29. The lowest BCUT2D eigenvalue weighted by Gasteiger charge is -2.14. The molecule has 0 aliphatic heterocycles. The predicted molar refractivity (Wildman–Crippen MR) is 132 cm³/mol. The van der Waals surface area contributed by atoms with Crippen molar-refractivity contribution in [1.82, 2.24) is 9.55 Å². The topological polar surface area (TPSA) is 34.9 Å². The molecule has 1 aliphatic rings. The van der Waals surface area contributed by atoms with Crippen LogP contribution < -0.4 is 5.56 Å². The summed E-state index contributed by atoms with van der Waals surface area (Å²) in [5.41, 5.74) is 6.37. The summed E-state index contributed by atoms with van der Waals surface area (Å²) in [4.78, 5) is 21.1. The Balaban J connectivity index is 1.59. The standard InChI is InChI=1S/C26H26N2OS2/c1-17-12-13-20(18(2)14-17)16-30-26-27-24-23(21-10-6-7-11-22(21)31-24)25(29)28(26)15-19-8-4-3-5-9-19/h3-5,8-9,12-14H,6-7,10-11,15-16H2,1-2H3. The molecule has 2 heterocycles.